The number of fused-ring (bicyclic) bond motifs is 4. The Morgan fingerprint density at radius 3 is 2.64 bits per heavy atom. The molecular formula is C30H31ClF2N6O2S. The monoisotopic (exact) mass is 612 g/mol. The van der Waals surface area contributed by atoms with Crippen molar-refractivity contribution in [2.45, 2.75) is 37.8 Å². The third kappa shape index (κ3) is 4.79. The van der Waals surface area contributed by atoms with Gasteiger partial charge < -0.3 is 19.7 Å². The summed E-state index contributed by atoms with van der Waals surface area (Å²) in [7, 11) is 0. The molecule has 4 aromatic rings. The van der Waals surface area contributed by atoms with Crippen molar-refractivity contribution in [3.8, 4) is 17.1 Å². The Balaban J connectivity index is 1.20. The van der Waals surface area contributed by atoms with E-state index in [9.17, 15) is 4.39 Å². The van der Waals surface area contributed by atoms with E-state index in [0.717, 1.165) is 71.6 Å². The average molecular weight is 613 g/mol. The Labute approximate surface area is 251 Å². The summed E-state index contributed by atoms with van der Waals surface area (Å²) in [5, 5.41) is 4.40. The molecule has 4 fully saturated rings. The first-order chi connectivity index (χ1) is 20.5. The Kier molecular flexibility index (Phi) is 6.71. The number of nitrogens with one attached hydrogen (secondary N) is 1. The first kappa shape index (κ1) is 26.9. The number of thiazole rings is 1. The molecule has 1 saturated carbocycles. The summed E-state index contributed by atoms with van der Waals surface area (Å²) >= 11 is 7.98. The van der Waals surface area contributed by atoms with E-state index in [1.54, 1.807) is 11.6 Å². The lowest BCUT2D eigenvalue weighted by atomic mass is 10.0. The first-order valence-corrected chi connectivity index (χ1v) is 15.9. The standard InChI is InChI=1S/C30H31ClF2N6O2S/c31-21-11-20-25(24(33)23(21)19-3-4-22(32)27-26(19)34-16-42-27)36-29(37-28(20)39-12-17-1-2-18(13-39)35-17)41-15-30(5-6-30)14-38-7-9-40-10-8-38/h3-4,11,16-18,35H,1-2,5-10,12-15H2. The number of halogens is 3. The van der Waals surface area contributed by atoms with Crippen LogP contribution in [-0.2, 0) is 4.74 Å². The van der Waals surface area contributed by atoms with Crippen LogP contribution in [0.2, 0.25) is 5.02 Å². The van der Waals surface area contributed by atoms with Gasteiger partial charge in [0.15, 0.2) is 5.82 Å². The normalized spacial score (nSPS) is 23.6. The maximum atomic E-state index is 16.6. The zero-order valence-corrected chi connectivity index (χ0v) is 24.6. The van der Waals surface area contributed by atoms with Gasteiger partial charge in [0, 0.05) is 66.7 Å². The van der Waals surface area contributed by atoms with Crippen LogP contribution in [0.4, 0.5) is 14.6 Å². The second-order valence-corrected chi connectivity index (χ2v) is 13.4. The van der Waals surface area contributed by atoms with Crippen LogP contribution in [0.5, 0.6) is 6.01 Å². The predicted molar refractivity (Wildman–Crippen MR) is 160 cm³/mol. The summed E-state index contributed by atoms with van der Waals surface area (Å²) in [6.07, 6.45) is 4.36. The van der Waals surface area contributed by atoms with Gasteiger partial charge >= 0.3 is 6.01 Å². The fraction of sp³-hybridized carbons (Fsp3) is 0.500. The van der Waals surface area contributed by atoms with Gasteiger partial charge in [-0.05, 0) is 43.9 Å². The van der Waals surface area contributed by atoms with Gasteiger partial charge in [-0.3, -0.25) is 4.90 Å². The summed E-state index contributed by atoms with van der Waals surface area (Å²) in [5.41, 5.74) is 2.72. The highest BCUT2D eigenvalue weighted by atomic mass is 35.5. The minimum Gasteiger partial charge on any atom is -0.463 e. The molecule has 0 spiro atoms. The molecule has 42 heavy (non-hydrogen) atoms. The highest BCUT2D eigenvalue weighted by Crippen LogP contribution is 2.47. The van der Waals surface area contributed by atoms with Crippen molar-refractivity contribution in [3.05, 3.63) is 40.4 Å². The van der Waals surface area contributed by atoms with Gasteiger partial charge in [0.05, 0.1) is 40.6 Å². The van der Waals surface area contributed by atoms with E-state index in [0.29, 0.717) is 45.7 Å². The van der Waals surface area contributed by atoms with Crippen molar-refractivity contribution in [2.24, 2.45) is 5.41 Å². The van der Waals surface area contributed by atoms with Crippen molar-refractivity contribution < 1.29 is 18.3 Å². The van der Waals surface area contributed by atoms with Crippen molar-refractivity contribution in [1.29, 1.82) is 0 Å². The number of ether oxygens (including phenoxy) is 2. The molecule has 2 aromatic heterocycles. The zero-order chi connectivity index (χ0) is 28.4. The van der Waals surface area contributed by atoms with Crippen LogP contribution in [0.1, 0.15) is 25.7 Å². The maximum Gasteiger partial charge on any atom is 0.319 e. The zero-order valence-electron chi connectivity index (χ0n) is 23.0. The highest BCUT2D eigenvalue weighted by Gasteiger charge is 2.45. The number of rotatable bonds is 7. The Hall–Kier alpha value is -2.70. The second kappa shape index (κ2) is 10.5. The minimum absolute atomic E-state index is 0.0536. The molecule has 8 rings (SSSR count). The summed E-state index contributed by atoms with van der Waals surface area (Å²) < 4.78 is 43.3. The molecule has 5 heterocycles. The number of piperazine rings is 1. The van der Waals surface area contributed by atoms with Crippen LogP contribution in [-0.4, -0.2) is 84.5 Å². The van der Waals surface area contributed by atoms with E-state index in [4.69, 9.17) is 26.1 Å². The highest BCUT2D eigenvalue weighted by molar-refractivity contribution is 7.16. The van der Waals surface area contributed by atoms with Crippen LogP contribution < -0.4 is 15.0 Å². The Bertz CT molecular complexity index is 1670. The van der Waals surface area contributed by atoms with Gasteiger partial charge in [0.25, 0.3) is 0 Å². The topological polar surface area (TPSA) is 75.6 Å². The van der Waals surface area contributed by atoms with Crippen molar-refractivity contribution >= 4 is 49.9 Å². The van der Waals surface area contributed by atoms with Crippen LogP contribution in [0.15, 0.2) is 23.7 Å². The number of anilines is 1. The SMILES string of the molecule is Fc1c(-c2ccc(F)c3scnc23)c(Cl)cc2c(N3CC4CCC(C3)N4)nc(OCC3(CN4CCOCC4)CC3)nc12. The number of aromatic nitrogens is 3. The smallest absolute Gasteiger partial charge is 0.319 e. The third-order valence-electron chi connectivity index (χ3n) is 9.19. The van der Waals surface area contributed by atoms with Gasteiger partial charge in [-0.25, -0.2) is 13.8 Å². The van der Waals surface area contributed by atoms with Crippen molar-refractivity contribution in [2.75, 3.05) is 57.4 Å². The number of nitrogens with zero attached hydrogens (tertiary/aromatic N) is 5. The molecule has 12 heteroatoms. The van der Waals surface area contributed by atoms with E-state index in [2.05, 4.69) is 25.1 Å². The lowest BCUT2D eigenvalue weighted by molar-refractivity contribution is 0.0231. The van der Waals surface area contributed by atoms with Gasteiger partial charge in [-0.1, -0.05) is 11.6 Å². The summed E-state index contributed by atoms with van der Waals surface area (Å²) in [6.45, 7) is 6.31. The molecule has 220 valence electrons. The van der Waals surface area contributed by atoms with Gasteiger partial charge in [-0.15, -0.1) is 11.3 Å². The molecule has 2 aromatic carbocycles. The van der Waals surface area contributed by atoms with E-state index in [1.807, 2.05) is 0 Å². The summed E-state index contributed by atoms with van der Waals surface area (Å²) in [4.78, 5) is 18.5. The number of morpholine rings is 1. The molecule has 2 atom stereocenters. The van der Waals surface area contributed by atoms with Crippen LogP contribution in [0.3, 0.4) is 0 Å². The molecule has 0 radical (unpaired) electrons. The predicted octanol–water partition coefficient (Wildman–Crippen LogP) is 5.27. The third-order valence-corrected chi connectivity index (χ3v) is 10.3. The van der Waals surface area contributed by atoms with Gasteiger partial charge in [-0.2, -0.15) is 9.97 Å². The molecule has 3 saturated heterocycles. The fourth-order valence-electron chi connectivity index (χ4n) is 6.78. The molecular weight excluding hydrogens is 582 g/mol. The van der Waals surface area contributed by atoms with Crippen molar-refractivity contribution in [1.82, 2.24) is 25.2 Å². The number of hydrogen-bond donors (Lipinski definition) is 1. The largest absolute Gasteiger partial charge is 0.463 e. The van der Waals surface area contributed by atoms with E-state index < -0.39 is 11.6 Å². The lowest BCUT2D eigenvalue weighted by Crippen LogP contribution is -2.51. The lowest BCUT2D eigenvalue weighted by Gasteiger charge is -2.34. The van der Waals surface area contributed by atoms with Crippen LogP contribution >= 0.6 is 22.9 Å². The molecule has 2 bridgehead atoms. The first-order valence-electron chi connectivity index (χ1n) is 14.6. The van der Waals surface area contributed by atoms with Crippen LogP contribution in [0, 0.1) is 17.0 Å². The van der Waals surface area contributed by atoms with Crippen LogP contribution in [0.25, 0.3) is 32.2 Å². The number of hydrogen-bond acceptors (Lipinski definition) is 9. The summed E-state index contributed by atoms with van der Waals surface area (Å²) in [6, 6.07) is 5.48. The molecule has 8 nitrogen and oxygen atoms in total. The quantitative estimate of drug-likeness (QED) is 0.303. The second-order valence-electron chi connectivity index (χ2n) is 12.1. The van der Waals surface area contributed by atoms with E-state index in [-0.39, 0.29) is 27.5 Å². The van der Waals surface area contributed by atoms with E-state index >= 15 is 4.39 Å². The molecule has 0 amide bonds. The molecule has 1 aliphatic carbocycles. The Morgan fingerprint density at radius 1 is 1.10 bits per heavy atom. The maximum absolute atomic E-state index is 16.6. The molecule has 4 aliphatic rings. The molecule has 3 aliphatic heterocycles. The van der Waals surface area contributed by atoms with E-state index in [1.165, 1.54) is 23.5 Å². The average Bonchev–Trinajstić information content (AvgIpc) is 3.40. The summed E-state index contributed by atoms with van der Waals surface area (Å²) in [5.74, 6) is -0.343. The molecule has 1 N–H and O–H groups in total. The van der Waals surface area contributed by atoms with Gasteiger partial charge in [0.1, 0.15) is 17.2 Å². The minimum atomic E-state index is -0.584. The fourth-order valence-corrected chi connectivity index (χ4v) is 7.79. The van der Waals surface area contributed by atoms with Gasteiger partial charge in [0.2, 0.25) is 0 Å². The Morgan fingerprint density at radius 2 is 1.88 bits per heavy atom. The molecule has 2 unspecified atom stereocenters. The number of benzene rings is 2. The van der Waals surface area contributed by atoms with Crippen molar-refractivity contribution in [3.63, 3.8) is 0 Å².